The van der Waals surface area contributed by atoms with Gasteiger partial charge in [0.1, 0.15) is 0 Å². The Kier molecular flexibility index (Phi) is 5.70. The summed E-state index contributed by atoms with van der Waals surface area (Å²) < 4.78 is 26.2. The van der Waals surface area contributed by atoms with E-state index in [2.05, 4.69) is 0 Å². The van der Waals surface area contributed by atoms with E-state index in [1.165, 1.54) is 0 Å². The van der Waals surface area contributed by atoms with Gasteiger partial charge in [0.15, 0.2) is 0 Å². The fraction of sp³-hybridized carbons (Fsp3) is 1.00. The molecule has 17 heavy (non-hydrogen) atoms. The van der Waals surface area contributed by atoms with Gasteiger partial charge < -0.3 is 4.90 Å². The Labute approximate surface area is 110 Å². The molecule has 0 radical (unpaired) electrons. The summed E-state index contributed by atoms with van der Waals surface area (Å²) in [5.74, 6) is 0.577. The lowest BCUT2D eigenvalue weighted by molar-refractivity contribution is 0.290. The zero-order valence-electron chi connectivity index (χ0n) is 10.9. The second-order valence-electron chi connectivity index (χ2n) is 5.21. The summed E-state index contributed by atoms with van der Waals surface area (Å²) in [5.41, 5.74) is 0. The van der Waals surface area contributed by atoms with Crippen LogP contribution in [0.4, 0.5) is 0 Å². The molecule has 1 saturated heterocycles. The molecule has 0 bridgehead atoms. The van der Waals surface area contributed by atoms with Crippen LogP contribution in [0.2, 0.25) is 0 Å². The van der Waals surface area contributed by atoms with Crippen molar-refractivity contribution < 1.29 is 8.42 Å². The van der Waals surface area contributed by atoms with Gasteiger partial charge in [0.2, 0.25) is 10.0 Å². The molecule has 2 unspecified atom stereocenters. The number of nitrogens with zero attached hydrogens (tertiary/aromatic N) is 2. The highest BCUT2D eigenvalue weighted by Gasteiger charge is 2.34. The smallest absolute Gasteiger partial charge is 0.214 e. The normalized spacial score (nSPS) is 24.4. The van der Waals surface area contributed by atoms with E-state index < -0.39 is 10.0 Å². The summed E-state index contributed by atoms with van der Waals surface area (Å²) in [7, 11) is 0.809. The van der Waals surface area contributed by atoms with Gasteiger partial charge in [0, 0.05) is 25.0 Å². The van der Waals surface area contributed by atoms with Crippen molar-refractivity contribution in [2.45, 2.75) is 25.8 Å². The fourth-order valence-corrected chi connectivity index (χ4v) is 4.58. The minimum absolute atomic E-state index is 0.0160. The Balaban J connectivity index is 2.69. The molecule has 0 saturated carbocycles. The molecule has 0 aromatic carbocycles. The van der Waals surface area contributed by atoms with Crippen molar-refractivity contribution in [2.24, 2.45) is 5.92 Å². The van der Waals surface area contributed by atoms with E-state index in [-0.39, 0.29) is 17.7 Å². The average Bonchev–Trinajstić information content (AvgIpc) is 2.64. The van der Waals surface area contributed by atoms with Crippen molar-refractivity contribution in [3.8, 4) is 0 Å². The van der Waals surface area contributed by atoms with Crippen molar-refractivity contribution in [3.63, 3.8) is 0 Å². The van der Waals surface area contributed by atoms with E-state index in [0.717, 1.165) is 19.4 Å². The summed E-state index contributed by atoms with van der Waals surface area (Å²) in [6.45, 7) is 3.34. The summed E-state index contributed by atoms with van der Waals surface area (Å²) in [6.07, 6.45) is 1.93. The molecule has 1 aliphatic heterocycles. The van der Waals surface area contributed by atoms with Gasteiger partial charge in [-0.1, -0.05) is 6.92 Å². The quantitative estimate of drug-likeness (QED) is 0.688. The third-order valence-corrected chi connectivity index (χ3v) is 5.73. The van der Waals surface area contributed by atoms with Crippen LogP contribution in [0.25, 0.3) is 0 Å². The Morgan fingerprint density at radius 1 is 1.47 bits per heavy atom. The molecule has 0 aliphatic carbocycles. The van der Waals surface area contributed by atoms with Crippen LogP contribution in [0.5, 0.6) is 0 Å². The number of hydrogen-bond donors (Lipinski definition) is 0. The van der Waals surface area contributed by atoms with E-state index in [9.17, 15) is 8.42 Å². The van der Waals surface area contributed by atoms with Crippen LogP contribution in [-0.4, -0.2) is 62.5 Å². The van der Waals surface area contributed by atoms with Crippen LogP contribution in [0, 0.1) is 5.92 Å². The third kappa shape index (κ3) is 4.39. The van der Waals surface area contributed by atoms with E-state index in [0.29, 0.717) is 12.4 Å². The molecule has 102 valence electrons. The van der Waals surface area contributed by atoms with Gasteiger partial charge >= 0.3 is 0 Å². The molecule has 0 aromatic rings. The molecule has 2 atom stereocenters. The molecule has 4 nitrogen and oxygen atoms in total. The predicted molar refractivity (Wildman–Crippen MR) is 72.0 cm³/mol. The summed E-state index contributed by atoms with van der Waals surface area (Å²) in [4.78, 5) is 2.05. The zero-order valence-corrected chi connectivity index (χ0v) is 12.5. The highest BCUT2D eigenvalue weighted by Crippen LogP contribution is 2.23. The van der Waals surface area contributed by atoms with Crippen LogP contribution >= 0.6 is 11.6 Å². The minimum atomic E-state index is -3.14. The first-order valence-electron chi connectivity index (χ1n) is 6.07. The second kappa shape index (κ2) is 6.36. The largest absolute Gasteiger partial charge is 0.308 e. The van der Waals surface area contributed by atoms with Crippen molar-refractivity contribution in [3.05, 3.63) is 0 Å². The molecule has 1 fully saturated rings. The van der Waals surface area contributed by atoms with Gasteiger partial charge in [-0.3, -0.25) is 0 Å². The van der Waals surface area contributed by atoms with Gasteiger partial charge in [0.25, 0.3) is 0 Å². The maximum absolute atomic E-state index is 12.2. The molecule has 6 heteroatoms. The number of sulfonamides is 1. The molecule has 0 aromatic heterocycles. The molecule has 0 amide bonds. The van der Waals surface area contributed by atoms with E-state index in [1.807, 2.05) is 25.9 Å². The fourth-order valence-electron chi connectivity index (χ4n) is 2.28. The lowest BCUT2D eigenvalue weighted by Crippen LogP contribution is -2.43. The highest BCUT2D eigenvalue weighted by molar-refractivity contribution is 7.89. The molecular weight excluding hydrogens is 260 g/mol. The maximum Gasteiger partial charge on any atom is 0.214 e. The zero-order chi connectivity index (χ0) is 13.1. The standard InChI is InChI=1S/C11H23ClN2O2S/c1-10(7-12)9-17(15,16)14-6-4-5-11(14)8-13(2)3/h10-11H,4-9H2,1-3H3. The van der Waals surface area contributed by atoms with Crippen LogP contribution in [0.3, 0.4) is 0 Å². The number of rotatable bonds is 6. The van der Waals surface area contributed by atoms with Gasteiger partial charge in [-0.2, -0.15) is 4.31 Å². The van der Waals surface area contributed by atoms with Crippen LogP contribution in [0.1, 0.15) is 19.8 Å². The van der Waals surface area contributed by atoms with Gasteiger partial charge in [-0.15, -0.1) is 11.6 Å². The summed E-state index contributed by atoms with van der Waals surface area (Å²) in [6, 6.07) is 0.137. The van der Waals surface area contributed by atoms with Crippen molar-refractivity contribution >= 4 is 21.6 Å². The Hall–Kier alpha value is 0.160. The molecule has 1 aliphatic rings. The lowest BCUT2D eigenvalue weighted by Gasteiger charge is -2.27. The van der Waals surface area contributed by atoms with Crippen molar-refractivity contribution in [1.29, 1.82) is 0 Å². The predicted octanol–water partition coefficient (Wildman–Crippen LogP) is 1.22. The monoisotopic (exact) mass is 282 g/mol. The first-order valence-corrected chi connectivity index (χ1v) is 8.21. The van der Waals surface area contributed by atoms with E-state index in [1.54, 1.807) is 4.31 Å². The number of likely N-dealkylation sites (N-methyl/N-ethyl adjacent to an activating group) is 1. The number of alkyl halides is 1. The molecule has 0 spiro atoms. The van der Waals surface area contributed by atoms with Crippen LogP contribution in [0.15, 0.2) is 0 Å². The molecule has 1 rings (SSSR count). The molecule has 1 heterocycles. The molecule has 0 N–H and O–H groups in total. The topological polar surface area (TPSA) is 40.6 Å². The van der Waals surface area contributed by atoms with E-state index >= 15 is 0 Å². The minimum Gasteiger partial charge on any atom is -0.308 e. The average molecular weight is 283 g/mol. The van der Waals surface area contributed by atoms with Gasteiger partial charge in [-0.05, 0) is 32.9 Å². The van der Waals surface area contributed by atoms with Crippen LogP contribution in [-0.2, 0) is 10.0 Å². The second-order valence-corrected chi connectivity index (χ2v) is 7.48. The Morgan fingerprint density at radius 2 is 2.12 bits per heavy atom. The lowest BCUT2D eigenvalue weighted by atomic mass is 10.2. The van der Waals surface area contributed by atoms with Crippen molar-refractivity contribution in [1.82, 2.24) is 9.21 Å². The maximum atomic E-state index is 12.2. The summed E-state index contributed by atoms with van der Waals surface area (Å²) >= 11 is 5.69. The number of hydrogen-bond acceptors (Lipinski definition) is 3. The highest BCUT2D eigenvalue weighted by atomic mass is 35.5. The van der Waals surface area contributed by atoms with Crippen molar-refractivity contribution in [2.75, 3.05) is 38.8 Å². The van der Waals surface area contributed by atoms with Gasteiger partial charge in [-0.25, -0.2) is 8.42 Å². The first-order chi connectivity index (χ1) is 7.86. The molecular formula is C11H23ClN2O2S. The SMILES string of the molecule is CC(CCl)CS(=O)(=O)N1CCCC1CN(C)C. The van der Waals surface area contributed by atoms with Crippen LogP contribution < -0.4 is 0 Å². The van der Waals surface area contributed by atoms with Gasteiger partial charge in [0.05, 0.1) is 5.75 Å². The Bertz CT molecular complexity index is 332. The Morgan fingerprint density at radius 3 is 2.65 bits per heavy atom. The van der Waals surface area contributed by atoms with E-state index in [4.69, 9.17) is 11.6 Å². The first kappa shape index (κ1) is 15.2. The third-order valence-electron chi connectivity index (χ3n) is 3.01. The number of halogens is 1. The summed E-state index contributed by atoms with van der Waals surface area (Å²) in [5, 5.41) is 0.